The average molecular weight is 316 g/mol. The quantitative estimate of drug-likeness (QED) is 0.530. The Labute approximate surface area is 132 Å². The van der Waals surface area contributed by atoms with Crippen LogP contribution in [-0.2, 0) is 12.8 Å². The standard InChI is InChI=1S/C16H16N2OS2/c1-20-13-7-5-11(6-8-13)10-17-18-16(19)15-9-12-3-2-4-14(12)21-15/h5-10H,2-4H2,1H3,(H,18,19)/b17-10-. The average Bonchev–Trinajstić information content (AvgIpc) is 3.09. The minimum absolute atomic E-state index is 0.119. The Balaban J connectivity index is 1.60. The van der Waals surface area contributed by atoms with Crippen molar-refractivity contribution >= 4 is 35.2 Å². The van der Waals surface area contributed by atoms with Crippen LogP contribution in [0.1, 0.15) is 32.1 Å². The summed E-state index contributed by atoms with van der Waals surface area (Å²) >= 11 is 3.29. The van der Waals surface area contributed by atoms with E-state index in [-0.39, 0.29) is 5.91 Å². The molecule has 0 bridgehead atoms. The number of fused-ring (bicyclic) bond motifs is 1. The molecule has 0 aliphatic heterocycles. The number of nitrogens with one attached hydrogen (secondary N) is 1. The number of hydrazone groups is 1. The lowest BCUT2D eigenvalue weighted by molar-refractivity contribution is 0.0959. The van der Waals surface area contributed by atoms with E-state index in [1.54, 1.807) is 29.3 Å². The van der Waals surface area contributed by atoms with Gasteiger partial charge in [-0.15, -0.1) is 23.1 Å². The molecule has 0 fully saturated rings. The van der Waals surface area contributed by atoms with E-state index in [2.05, 4.69) is 10.5 Å². The van der Waals surface area contributed by atoms with Crippen molar-refractivity contribution in [3.8, 4) is 0 Å². The van der Waals surface area contributed by atoms with E-state index in [1.165, 1.54) is 21.8 Å². The molecule has 21 heavy (non-hydrogen) atoms. The SMILES string of the molecule is CSc1ccc(/C=N\NC(=O)c2cc3c(s2)CCC3)cc1. The fourth-order valence-electron chi connectivity index (χ4n) is 2.35. The summed E-state index contributed by atoms with van der Waals surface area (Å²) in [4.78, 5) is 15.4. The van der Waals surface area contributed by atoms with Crippen LogP contribution < -0.4 is 5.43 Å². The Morgan fingerprint density at radius 3 is 2.86 bits per heavy atom. The lowest BCUT2D eigenvalue weighted by Gasteiger charge is -1.98. The molecular formula is C16H16N2OS2. The van der Waals surface area contributed by atoms with Crippen molar-refractivity contribution < 1.29 is 4.79 Å². The number of aryl methyl sites for hydroxylation is 2. The van der Waals surface area contributed by atoms with Crippen molar-refractivity contribution in [1.29, 1.82) is 0 Å². The topological polar surface area (TPSA) is 41.5 Å². The predicted molar refractivity (Wildman–Crippen MR) is 89.6 cm³/mol. The fraction of sp³-hybridized carbons (Fsp3) is 0.250. The van der Waals surface area contributed by atoms with Crippen LogP contribution in [0.4, 0.5) is 0 Å². The van der Waals surface area contributed by atoms with Gasteiger partial charge in [0.1, 0.15) is 0 Å². The van der Waals surface area contributed by atoms with Crippen LogP contribution >= 0.6 is 23.1 Å². The molecule has 1 heterocycles. The number of rotatable bonds is 4. The number of benzene rings is 1. The molecule has 1 aromatic carbocycles. The Hall–Kier alpha value is -1.59. The van der Waals surface area contributed by atoms with Gasteiger partial charge < -0.3 is 0 Å². The number of carbonyl (C=O) groups excluding carboxylic acids is 1. The maximum Gasteiger partial charge on any atom is 0.281 e. The first kappa shape index (κ1) is 14.4. The molecule has 0 unspecified atom stereocenters. The molecule has 3 nitrogen and oxygen atoms in total. The van der Waals surface area contributed by atoms with Crippen molar-refractivity contribution in [2.45, 2.75) is 24.2 Å². The van der Waals surface area contributed by atoms with Crippen LogP contribution in [0.15, 0.2) is 40.3 Å². The molecular weight excluding hydrogens is 300 g/mol. The molecule has 0 atom stereocenters. The summed E-state index contributed by atoms with van der Waals surface area (Å²) in [6.07, 6.45) is 7.14. The van der Waals surface area contributed by atoms with Gasteiger partial charge >= 0.3 is 0 Å². The van der Waals surface area contributed by atoms with Gasteiger partial charge in [0.05, 0.1) is 11.1 Å². The Morgan fingerprint density at radius 2 is 2.14 bits per heavy atom. The molecule has 0 saturated heterocycles. The highest BCUT2D eigenvalue weighted by Gasteiger charge is 2.17. The van der Waals surface area contributed by atoms with Crippen LogP contribution in [0.2, 0.25) is 0 Å². The third kappa shape index (κ3) is 3.36. The van der Waals surface area contributed by atoms with E-state index in [0.29, 0.717) is 0 Å². The lowest BCUT2D eigenvalue weighted by atomic mass is 10.2. The van der Waals surface area contributed by atoms with Crippen LogP contribution in [0.25, 0.3) is 0 Å². The Morgan fingerprint density at radius 1 is 1.33 bits per heavy atom. The second-order valence-electron chi connectivity index (χ2n) is 4.88. The maximum atomic E-state index is 12.0. The van der Waals surface area contributed by atoms with E-state index in [4.69, 9.17) is 0 Å². The second-order valence-corrected chi connectivity index (χ2v) is 6.90. The van der Waals surface area contributed by atoms with Gasteiger partial charge in [-0.25, -0.2) is 5.43 Å². The van der Waals surface area contributed by atoms with Crippen molar-refractivity contribution in [2.75, 3.05) is 6.26 Å². The molecule has 3 rings (SSSR count). The van der Waals surface area contributed by atoms with Gasteiger partial charge in [-0.1, -0.05) is 12.1 Å². The summed E-state index contributed by atoms with van der Waals surface area (Å²) in [5.41, 5.74) is 4.91. The predicted octanol–water partition coefficient (Wildman–Crippen LogP) is 3.72. The monoisotopic (exact) mass is 316 g/mol. The van der Waals surface area contributed by atoms with Crippen LogP contribution in [0, 0.1) is 0 Å². The highest BCUT2D eigenvalue weighted by atomic mass is 32.2. The molecule has 0 radical (unpaired) electrons. The first-order chi connectivity index (χ1) is 10.3. The van der Waals surface area contributed by atoms with Gasteiger partial charge in [-0.05, 0) is 54.8 Å². The van der Waals surface area contributed by atoms with E-state index in [0.717, 1.165) is 23.3 Å². The Bertz CT molecular complexity index is 653. The third-order valence-electron chi connectivity index (χ3n) is 3.47. The van der Waals surface area contributed by atoms with E-state index in [9.17, 15) is 4.79 Å². The molecule has 1 aliphatic carbocycles. The van der Waals surface area contributed by atoms with Crippen molar-refractivity contribution in [3.05, 3.63) is 51.2 Å². The largest absolute Gasteiger partial charge is 0.281 e. The van der Waals surface area contributed by atoms with Crippen molar-refractivity contribution in [2.24, 2.45) is 5.10 Å². The van der Waals surface area contributed by atoms with E-state index in [1.807, 2.05) is 36.6 Å². The van der Waals surface area contributed by atoms with Gasteiger partial charge in [-0.3, -0.25) is 4.79 Å². The number of hydrogen-bond acceptors (Lipinski definition) is 4. The molecule has 108 valence electrons. The zero-order valence-corrected chi connectivity index (χ0v) is 13.4. The number of thioether (sulfide) groups is 1. The molecule has 1 aliphatic rings. The first-order valence-corrected chi connectivity index (χ1v) is 8.89. The molecule has 5 heteroatoms. The highest BCUT2D eigenvalue weighted by molar-refractivity contribution is 7.98. The van der Waals surface area contributed by atoms with Gasteiger partial charge in [0.15, 0.2) is 0 Å². The van der Waals surface area contributed by atoms with Crippen LogP contribution in [0.3, 0.4) is 0 Å². The zero-order chi connectivity index (χ0) is 14.7. The number of carbonyl (C=O) groups is 1. The molecule has 1 amide bonds. The summed E-state index contributed by atoms with van der Waals surface area (Å²) < 4.78 is 0. The second kappa shape index (κ2) is 6.45. The summed E-state index contributed by atoms with van der Waals surface area (Å²) in [6.45, 7) is 0. The maximum absolute atomic E-state index is 12.0. The smallest absolute Gasteiger partial charge is 0.266 e. The first-order valence-electron chi connectivity index (χ1n) is 6.85. The molecule has 1 aromatic heterocycles. The van der Waals surface area contributed by atoms with Crippen molar-refractivity contribution in [3.63, 3.8) is 0 Å². The minimum atomic E-state index is -0.119. The normalized spacial score (nSPS) is 13.6. The summed E-state index contributed by atoms with van der Waals surface area (Å²) in [5.74, 6) is -0.119. The van der Waals surface area contributed by atoms with Crippen LogP contribution in [-0.4, -0.2) is 18.4 Å². The third-order valence-corrected chi connectivity index (χ3v) is 5.45. The van der Waals surface area contributed by atoms with Crippen molar-refractivity contribution in [1.82, 2.24) is 5.43 Å². The van der Waals surface area contributed by atoms with Gasteiger partial charge in [0, 0.05) is 9.77 Å². The summed E-state index contributed by atoms with van der Waals surface area (Å²) in [7, 11) is 0. The molecule has 0 saturated carbocycles. The van der Waals surface area contributed by atoms with Gasteiger partial charge in [-0.2, -0.15) is 5.10 Å². The number of hydrogen-bond donors (Lipinski definition) is 1. The number of thiophene rings is 1. The van der Waals surface area contributed by atoms with E-state index >= 15 is 0 Å². The highest BCUT2D eigenvalue weighted by Crippen LogP contribution is 2.30. The number of nitrogens with zero attached hydrogens (tertiary/aromatic N) is 1. The van der Waals surface area contributed by atoms with E-state index < -0.39 is 0 Å². The summed E-state index contributed by atoms with van der Waals surface area (Å²) in [6, 6.07) is 10.1. The minimum Gasteiger partial charge on any atom is -0.266 e. The van der Waals surface area contributed by atoms with Gasteiger partial charge in [0.2, 0.25) is 0 Å². The molecule has 1 N–H and O–H groups in total. The Kier molecular flexibility index (Phi) is 4.41. The summed E-state index contributed by atoms with van der Waals surface area (Å²) in [5, 5.41) is 4.03. The zero-order valence-electron chi connectivity index (χ0n) is 11.8. The molecule has 2 aromatic rings. The lowest BCUT2D eigenvalue weighted by Crippen LogP contribution is -2.16. The molecule has 0 spiro atoms. The number of amides is 1. The van der Waals surface area contributed by atoms with Crippen LogP contribution in [0.5, 0.6) is 0 Å². The van der Waals surface area contributed by atoms with Gasteiger partial charge in [0.25, 0.3) is 5.91 Å². The fourth-order valence-corrected chi connectivity index (χ4v) is 3.90.